The molecule has 1 aromatic carbocycles. The van der Waals surface area contributed by atoms with Crippen molar-refractivity contribution in [3.63, 3.8) is 0 Å². The van der Waals surface area contributed by atoms with Crippen molar-refractivity contribution >= 4 is 11.6 Å². The van der Waals surface area contributed by atoms with Gasteiger partial charge in [0, 0.05) is 11.4 Å². The van der Waals surface area contributed by atoms with E-state index in [0.29, 0.717) is 17.0 Å². The predicted octanol–water partition coefficient (Wildman–Crippen LogP) is 4.14. The van der Waals surface area contributed by atoms with Crippen molar-refractivity contribution in [3.8, 4) is 0 Å². The molecule has 1 heterocycles. The molecule has 0 spiro atoms. The maximum absolute atomic E-state index is 13.8. The van der Waals surface area contributed by atoms with Crippen LogP contribution < -0.4 is 5.32 Å². The summed E-state index contributed by atoms with van der Waals surface area (Å²) in [4.78, 5) is 0. The molecule has 0 aliphatic carbocycles. The third-order valence-electron chi connectivity index (χ3n) is 3.16. The maximum atomic E-state index is 13.8. The zero-order valence-corrected chi connectivity index (χ0v) is 11.8. The van der Waals surface area contributed by atoms with Gasteiger partial charge in [-0.15, -0.1) is 0 Å². The Morgan fingerprint density at radius 3 is 2.68 bits per heavy atom. The Kier molecular flexibility index (Phi) is 4.61. The van der Waals surface area contributed by atoms with Gasteiger partial charge in [0.25, 0.3) is 0 Å². The third-order valence-corrected chi connectivity index (χ3v) is 3.40. The standard InChI is InChI=1S/C15H17ClFNO/c1-3-12-6-7-15(19-12)14(18-2)8-10-4-5-11(16)9-13(10)17/h4-7,9,14,18H,3,8H2,1-2H3. The number of likely N-dealkylation sites (N-methyl/N-ethyl adjacent to an activating group) is 1. The lowest BCUT2D eigenvalue weighted by atomic mass is 10.0. The monoisotopic (exact) mass is 281 g/mol. The Bertz CT molecular complexity index is 553. The van der Waals surface area contributed by atoms with Gasteiger partial charge >= 0.3 is 0 Å². The van der Waals surface area contributed by atoms with Crippen molar-refractivity contribution < 1.29 is 8.81 Å². The fraction of sp³-hybridized carbons (Fsp3) is 0.333. The number of benzene rings is 1. The van der Waals surface area contributed by atoms with Crippen LogP contribution >= 0.6 is 11.6 Å². The normalized spacial score (nSPS) is 12.6. The summed E-state index contributed by atoms with van der Waals surface area (Å²) in [5.74, 6) is 1.48. The predicted molar refractivity (Wildman–Crippen MR) is 75.0 cm³/mol. The lowest BCUT2D eigenvalue weighted by Gasteiger charge is -2.14. The molecule has 0 aliphatic rings. The lowest BCUT2D eigenvalue weighted by Crippen LogP contribution is -2.18. The van der Waals surface area contributed by atoms with Crippen molar-refractivity contribution in [1.29, 1.82) is 0 Å². The van der Waals surface area contributed by atoms with Gasteiger partial charge in [0.1, 0.15) is 17.3 Å². The number of hydrogen-bond donors (Lipinski definition) is 1. The topological polar surface area (TPSA) is 25.2 Å². The minimum Gasteiger partial charge on any atom is -0.464 e. The molecule has 1 atom stereocenters. The summed E-state index contributed by atoms with van der Waals surface area (Å²) in [5, 5.41) is 3.56. The van der Waals surface area contributed by atoms with E-state index in [4.69, 9.17) is 16.0 Å². The molecule has 0 fully saturated rings. The fourth-order valence-corrected chi connectivity index (χ4v) is 2.18. The van der Waals surface area contributed by atoms with Gasteiger partial charge in [-0.25, -0.2) is 4.39 Å². The second kappa shape index (κ2) is 6.22. The molecular weight excluding hydrogens is 265 g/mol. The van der Waals surface area contributed by atoms with E-state index in [0.717, 1.165) is 17.9 Å². The summed E-state index contributed by atoms with van der Waals surface area (Å²) in [7, 11) is 1.84. The Labute approximate surface area is 117 Å². The lowest BCUT2D eigenvalue weighted by molar-refractivity contribution is 0.404. The van der Waals surface area contributed by atoms with Gasteiger partial charge in [0.2, 0.25) is 0 Å². The van der Waals surface area contributed by atoms with Gasteiger partial charge in [-0.1, -0.05) is 24.6 Å². The van der Waals surface area contributed by atoms with E-state index in [1.54, 1.807) is 12.1 Å². The van der Waals surface area contributed by atoms with Crippen LogP contribution in [0.2, 0.25) is 5.02 Å². The number of nitrogens with one attached hydrogen (secondary N) is 1. The van der Waals surface area contributed by atoms with Gasteiger partial charge in [-0.2, -0.15) is 0 Å². The molecule has 1 unspecified atom stereocenters. The summed E-state index contributed by atoms with van der Waals surface area (Å²) in [6.07, 6.45) is 1.38. The molecule has 0 aliphatic heterocycles. The van der Waals surface area contributed by atoms with Crippen LogP contribution in [0.15, 0.2) is 34.7 Å². The molecule has 1 aromatic heterocycles. The minimum atomic E-state index is -0.282. The van der Waals surface area contributed by atoms with Crippen molar-refractivity contribution in [2.75, 3.05) is 7.05 Å². The molecule has 0 radical (unpaired) electrons. The van der Waals surface area contributed by atoms with Gasteiger partial charge in [0.05, 0.1) is 6.04 Å². The van der Waals surface area contributed by atoms with E-state index in [1.807, 2.05) is 26.1 Å². The van der Waals surface area contributed by atoms with Crippen molar-refractivity contribution in [2.45, 2.75) is 25.8 Å². The summed E-state index contributed by atoms with van der Waals surface area (Å²) in [6, 6.07) is 8.60. The molecule has 19 heavy (non-hydrogen) atoms. The van der Waals surface area contributed by atoms with Gasteiger partial charge in [0.15, 0.2) is 0 Å². The van der Waals surface area contributed by atoms with Crippen LogP contribution in [-0.4, -0.2) is 7.05 Å². The Morgan fingerprint density at radius 1 is 1.32 bits per heavy atom. The zero-order valence-electron chi connectivity index (χ0n) is 11.0. The van der Waals surface area contributed by atoms with E-state index in [1.165, 1.54) is 6.07 Å². The molecule has 0 amide bonds. The van der Waals surface area contributed by atoms with E-state index in [-0.39, 0.29) is 11.9 Å². The zero-order chi connectivity index (χ0) is 13.8. The first-order chi connectivity index (χ1) is 9.13. The first-order valence-electron chi connectivity index (χ1n) is 6.33. The summed E-state index contributed by atoms with van der Waals surface area (Å²) < 4.78 is 19.5. The summed E-state index contributed by atoms with van der Waals surface area (Å²) >= 11 is 5.75. The molecule has 4 heteroatoms. The van der Waals surface area contributed by atoms with E-state index >= 15 is 0 Å². The van der Waals surface area contributed by atoms with Crippen LogP contribution in [0.1, 0.15) is 30.0 Å². The number of rotatable bonds is 5. The van der Waals surface area contributed by atoms with Crippen LogP contribution in [0.4, 0.5) is 4.39 Å². The first-order valence-corrected chi connectivity index (χ1v) is 6.71. The SMILES string of the molecule is CCc1ccc(C(Cc2ccc(Cl)cc2F)NC)o1. The van der Waals surface area contributed by atoms with Crippen molar-refractivity contribution in [1.82, 2.24) is 5.32 Å². The highest BCUT2D eigenvalue weighted by Crippen LogP contribution is 2.23. The molecule has 0 saturated heterocycles. The van der Waals surface area contributed by atoms with E-state index in [2.05, 4.69) is 5.32 Å². The van der Waals surface area contributed by atoms with Crippen LogP contribution in [0.5, 0.6) is 0 Å². The summed E-state index contributed by atoms with van der Waals surface area (Å²) in [6.45, 7) is 2.04. The second-order valence-electron chi connectivity index (χ2n) is 4.44. The number of furan rings is 1. The second-order valence-corrected chi connectivity index (χ2v) is 4.88. The molecule has 2 aromatic rings. The molecular formula is C15H17ClFNO. The average Bonchev–Trinajstić information content (AvgIpc) is 2.86. The van der Waals surface area contributed by atoms with Gasteiger partial charge in [-0.3, -0.25) is 0 Å². The first kappa shape index (κ1) is 14.1. The smallest absolute Gasteiger partial charge is 0.127 e. The van der Waals surface area contributed by atoms with Crippen LogP contribution in [0.3, 0.4) is 0 Å². The van der Waals surface area contributed by atoms with Crippen LogP contribution in [0, 0.1) is 5.82 Å². The van der Waals surface area contributed by atoms with Gasteiger partial charge in [-0.05, 0) is 43.3 Å². The summed E-state index contributed by atoms with van der Waals surface area (Å²) in [5.41, 5.74) is 0.623. The van der Waals surface area contributed by atoms with E-state index in [9.17, 15) is 4.39 Å². The molecule has 102 valence electrons. The third kappa shape index (κ3) is 3.37. The highest BCUT2D eigenvalue weighted by Gasteiger charge is 2.16. The highest BCUT2D eigenvalue weighted by atomic mass is 35.5. The Balaban J connectivity index is 2.18. The number of halogens is 2. The fourth-order valence-electron chi connectivity index (χ4n) is 2.02. The van der Waals surface area contributed by atoms with Crippen molar-refractivity contribution in [3.05, 3.63) is 58.3 Å². The van der Waals surface area contributed by atoms with Crippen LogP contribution in [0.25, 0.3) is 0 Å². The largest absolute Gasteiger partial charge is 0.464 e. The molecule has 0 bridgehead atoms. The van der Waals surface area contributed by atoms with Crippen molar-refractivity contribution in [2.24, 2.45) is 0 Å². The molecule has 2 nitrogen and oxygen atoms in total. The van der Waals surface area contributed by atoms with Gasteiger partial charge < -0.3 is 9.73 Å². The highest BCUT2D eigenvalue weighted by molar-refractivity contribution is 6.30. The average molecular weight is 282 g/mol. The number of hydrogen-bond acceptors (Lipinski definition) is 2. The molecule has 0 saturated carbocycles. The quantitative estimate of drug-likeness (QED) is 0.891. The number of aryl methyl sites for hydroxylation is 1. The Morgan fingerprint density at radius 2 is 2.11 bits per heavy atom. The maximum Gasteiger partial charge on any atom is 0.127 e. The Hall–Kier alpha value is -1.32. The van der Waals surface area contributed by atoms with E-state index < -0.39 is 0 Å². The van der Waals surface area contributed by atoms with Crippen LogP contribution in [-0.2, 0) is 12.8 Å². The minimum absolute atomic E-state index is 0.0454. The molecule has 1 N–H and O–H groups in total. The molecule has 2 rings (SSSR count).